The van der Waals surface area contributed by atoms with Crippen molar-refractivity contribution in [1.29, 1.82) is 0 Å². The van der Waals surface area contributed by atoms with Gasteiger partial charge >= 0.3 is 0 Å². The average molecular weight is 245 g/mol. The van der Waals surface area contributed by atoms with Crippen LogP contribution < -0.4 is 0 Å². The number of hydrogen-bond acceptors (Lipinski definition) is 2. The molecule has 0 aliphatic carbocycles. The number of aromatic nitrogens is 3. The first-order chi connectivity index (χ1) is 9.45. The van der Waals surface area contributed by atoms with Crippen LogP contribution in [0, 0.1) is 0 Å². The smallest absolute Gasteiger partial charge is 0.145 e. The fraction of sp³-hybridized carbons (Fsp3) is 0. The van der Waals surface area contributed by atoms with Crippen molar-refractivity contribution in [1.82, 2.24) is 14.5 Å². The van der Waals surface area contributed by atoms with Crippen LogP contribution in [0.5, 0.6) is 0 Å². The molecule has 0 amide bonds. The molecule has 1 aromatic carbocycles. The molecule has 0 unspecified atom stereocenters. The van der Waals surface area contributed by atoms with Gasteiger partial charge in [0.2, 0.25) is 0 Å². The van der Waals surface area contributed by atoms with Crippen LogP contribution in [-0.4, -0.2) is 14.5 Å². The van der Waals surface area contributed by atoms with Gasteiger partial charge in [-0.1, -0.05) is 18.2 Å². The zero-order chi connectivity index (χ0) is 12.7. The molecule has 0 saturated carbocycles. The SMILES string of the molecule is c1cncc(-n2c3ccccc3c3cccnc32)c1. The van der Waals surface area contributed by atoms with E-state index < -0.39 is 0 Å². The minimum absolute atomic E-state index is 0.969. The predicted molar refractivity (Wildman–Crippen MR) is 76.4 cm³/mol. The van der Waals surface area contributed by atoms with Gasteiger partial charge in [-0.2, -0.15) is 0 Å². The number of hydrogen-bond donors (Lipinski definition) is 0. The minimum Gasteiger partial charge on any atom is -0.292 e. The van der Waals surface area contributed by atoms with Crippen LogP contribution in [0.2, 0.25) is 0 Å². The first-order valence-corrected chi connectivity index (χ1v) is 6.20. The highest BCUT2D eigenvalue weighted by molar-refractivity contribution is 6.07. The lowest BCUT2D eigenvalue weighted by molar-refractivity contribution is 1.11. The third-order valence-corrected chi connectivity index (χ3v) is 3.34. The number of benzene rings is 1. The lowest BCUT2D eigenvalue weighted by Crippen LogP contribution is -1.95. The first kappa shape index (κ1) is 10.3. The van der Waals surface area contributed by atoms with Gasteiger partial charge < -0.3 is 0 Å². The molecule has 0 spiro atoms. The maximum atomic E-state index is 4.53. The Labute approximate surface area is 110 Å². The van der Waals surface area contributed by atoms with E-state index in [0.717, 1.165) is 16.9 Å². The van der Waals surface area contributed by atoms with Gasteiger partial charge in [0.15, 0.2) is 0 Å². The fourth-order valence-electron chi connectivity index (χ4n) is 2.54. The molecule has 0 radical (unpaired) electrons. The Morgan fingerprint density at radius 2 is 1.63 bits per heavy atom. The standard InChI is InChI=1S/C16H11N3/c1-2-8-15-13(6-1)14-7-4-10-18-16(14)19(15)12-5-3-9-17-11-12/h1-11H. The van der Waals surface area contributed by atoms with E-state index in [1.165, 1.54) is 10.8 Å². The summed E-state index contributed by atoms with van der Waals surface area (Å²) in [5.41, 5.74) is 3.16. The van der Waals surface area contributed by atoms with Crippen molar-refractivity contribution in [3.63, 3.8) is 0 Å². The van der Waals surface area contributed by atoms with E-state index in [1.807, 2.05) is 36.7 Å². The van der Waals surface area contributed by atoms with Crippen LogP contribution in [0.15, 0.2) is 67.1 Å². The van der Waals surface area contributed by atoms with Gasteiger partial charge in [-0.3, -0.25) is 9.55 Å². The summed E-state index contributed by atoms with van der Waals surface area (Å²) in [4.78, 5) is 8.74. The Kier molecular flexibility index (Phi) is 2.12. The summed E-state index contributed by atoms with van der Waals surface area (Å²) in [5, 5.41) is 2.39. The highest BCUT2D eigenvalue weighted by Crippen LogP contribution is 2.29. The molecule has 0 fully saturated rings. The topological polar surface area (TPSA) is 30.7 Å². The monoisotopic (exact) mass is 245 g/mol. The number of pyridine rings is 2. The maximum absolute atomic E-state index is 4.53. The van der Waals surface area contributed by atoms with E-state index in [1.54, 1.807) is 6.20 Å². The predicted octanol–water partition coefficient (Wildman–Crippen LogP) is 3.57. The molecule has 3 nitrogen and oxygen atoms in total. The second-order valence-electron chi connectivity index (χ2n) is 4.44. The highest BCUT2D eigenvalue weighted by atomic mass is 15.0. The second kappa shape index (κ2) is 3.92. The molecule has 90 valence electrons. The molecular weight excluding hydrogens is 234 g/mol. The van der Waals surface area contributed by atoms with E-state index >= 15 is 0 Å². The Balaban J connectivity index is 2.24. The van der Waals surface area contributed by atoms with Gasteiger partial charge in [-0.15, -0.1) is 0 Å². The number of para-hydroxylation sites is 1. The van der Waals surface area contributed by atoms with Crippen LogP contribution >= 0.6 is 0 Å². The summed E-state index contributed by atoms with van der Waals surface area (Å²) in [6.45, 7) is 0. The van der Waals surface area contributed by atoms with Gasteiger partial charge in [0.1, 0.15) is 5.65 Å². The molecule has 0 saturated heterocycles. The molecule has 19 heavy (non-hydrogen) atoms. The summed E-state index contributed by atoms with van der Waals surface area (Å²) < 4.78 is 2.15. The molecule has 0 aliphatic heterocycles. The van der Waals surface area contributed by atoms with E-state index in [0.29, 0.717) is 0 Å². The Morgan fingerprint density at radius 1 is 0.789 bits per heavy atom. The molecule has 4 aromatic rings. The van der Waals surface area contributed by atoms with Crippen molar-refractivity contribution in [2.75, 3.05) is 0 Å². The summed E-state index contributed by atoms with van der Waals surface area (Å²) in [6, 6.07) is 16.4. The van der Waals surface area contributed by atoms with Crippen LogP contribution in [0.25, 0.3) is 27.6 Å². The quantitative estimate of drug-likeness (QED) is 0.513. The lowest BCUT2D eigenvalue weighted by Gasteiger charge is -2.05. The summed E-state index contributed by atoms with van der Waals surface area (Å²) in [7, 11) is 0. The van der Waals surface area contributed by atoms with Crippen molar-refractivity contribution >= 4 is 21.9 Å². The normalized spacial score (nSPS) is 11.2. The van der Waals surface area contributed by atoms with Crippen molar-refractivity contribution in [3.05, 3.63) is 67.1 Å². The highest BCUT2D eigenvalue weighted by Gasteiger charge is 2.11. The number of fused-ring (bicyclic) bond motifs is 3. The average Bonchev–Trinajstić information content (AvgIpc) is 2.83. The van der Waals surface area contributed by atoms with Crippen molar-refractivity contribution in [2.24, 2.45) is 0 Å². The lowest BCUT2D eigenvalue weighted by atomic mass is 10.2. The van der Waals surface area contributed by atoms with Crippen molar-refractivity contribution in [2.45, 2.75) is 0 Å². The molecule has 3 heterocycles. The minimum atomic E-state index is 0.969. The fourth-order valence-corrected chi connectivity index (χ4v) is 2.54. The molecule has 3 aromatic heterocycles. The first-order valence-electron chi connectivity index (χ1n) is 6.20. The van der Waals surface area contributed by atoms with Gasteiger partial charge in [-0.25, -0.2) is 4.98 Å². The van der Waals surface area contributed by atoms with Crippen LogP contribution in [0.4, 0.5) is 0 Å². The summed E-state index contributed by atoms with van der Waals surface area (Å²) in [5.74, 6) is 0. The molecule has 4 rings (SSSR count). The molecule has 3 heteroatoms. The van der Waals surface area contributed by atoms with Crippen LogP contribution in [0.3, 0.4) is 0 Å². The van der Waals surface area contributed by atoms with Crippen molar-refractivity contribution < 1.29 is 0 Å². The molecule has 0 N–H and O–H groups in total. The Morgan fingerprint density at radius 3 is 2.53 bits per heavy atom. The van der Waals surface area contributed by atoms with Crippen LogP contribution in [0.1, 0.15) is 0 Å². The Bertz CT molecular complexity index is 810. The second-order valence-corrected chi connectivity index (χ2v) is 4.44. The van der Waals surface area contributed by atoms with E-state index in [-0.39, 0.29) is 0 Å². The molecule has 0 aliphatic rings. The number of rotatable bonds is 1. The largest absolute Gasteiger partial charge is 0.292 e. The number of nitrogens with zero attached hydrogens (tertiary/aromatic N) is 3. The third-order valence-electron chi connectivity index (χ3n) is 3.34. The summed E-state index contributed by atoms with van der Waals surface area (Å²) in [6.07, 6.45) is 5.47. The maximum Gasteiger partial charge on any atom is 0.145 e. The zero-order valence-corrected chi connectivity index (χ0v) is 10.2. The van der Waals surface area contributed by atoms with Gasteiger partial charge in [-0.05, 0) is 30.3 Å². The van der Waals surface area contributed by atoms with Gasteiger partial charge in [0, 0.05) is 23.2 Å². The molecule has 0 bridgehead atoms. The summed E-state index contributed by atoms with van der Waals surface area (Å²) >= 11 is 0. The zero-order valence-electron chi connectivity index (χ0n) is 10.2. The Hall–Kier alpha value is -2.68. The van der Waals surface area contributed by atoms with E-state index in [9.17, 15) is 0 Å². The van der Waals surface area contributed by atoms with Crippen molar-refractivity contribution in [3.8, 4) is 5.69 Å². The molecule has 0 atom stereocenters. The molecular formula is C16H11N3. The van der Waals surface area contributed by atoms with E-state index in [4.69, 9.17) is 0 Å². The van der Waals surface area contributed by atoms with Gasteiger partial charge in [0.25, 0.3) is 0 Å². The van der Waals surface area contributed by atoms with Gasteiger partial charge in [0.05, 0.1) is 17.4 Å². The van der Waals surface area contributed by atoms with Crippen LogP contribution in [-0.2, 0) is 0 Å². The van der Waals surface area contributed by atoms with E-state index in [2.05, 4.69) is 38.8 Å². The third kappa shape index (κ3) is 1.45.